The minimum Gasteiger partial charge on any atom is -0.480 e. The first-order chi connectivity index (χ1) is 14.9. The number of nitrogens with one attached hydrogen (secondary N) is 1. The Morgan fingerprint density at radius 3 is 2.58 bits per heavy atom. The van der Waals surface area contributed by atoms with Crippen LogP contribution in [0.2, 0.25) is 0 Å². The number of para-hydroxylation sites is 1. The normalized spacial score (nSPS) is 12.4. The summed E-state index contributed by atoms with van der Waals surface area (Å²) in [5, 5.41) is 14.1. The fourth-order valence-electron chi connectivity index (χ4n) is 3.83. The van der Waals surface area contributed by atoms with E-state index in [-0.39, 0.29) is 18.4 Å². The van der Waals surface area contributed by atoms with Gasteiger partial charge in [0.2, 0.25) is 5.91 Å². The van der Waals surface area contributed by atoms with Crippen LogP contribution >= 0.6 is 0 Å². The zero-order valence-corrected chi connectivity index (χ0v) is 17.6. The third kappa shape index (κ3) is 4.58. The van der Waals surface area contributed by atoms with Gasteiger partial charge < -0.3 is 15.0 Å². The van der Waals surface area contributed by atoms with Gasteiger partial charge in [-0.15, -0.1) is 0 Å². The molecular formula is C25H25N3O3. The molecule has 0 spiro atoms. The van der Waals surface area contributed by atoms with E-state index in [1.807, 2.05) is 73.3 Å². The molecule has 0 aliphatic rings. The van der Waals surface area contributed by atoms with Crippen LogP contribution in [0, 0.1) is 5.92 Å². The van der Waals surface area contributed by atoms with Crippen molar-refractivity contribution in [2.45, 2.75) is 32.9 Å². The zero-order valence-electron chi connectivity index (χ0n) is 17.6. The third-order valence-corrected chi connectivity index (χ3v) is 5.35. The predicted octanol–water partition coefficient (Wildman–Crippen LogP) is 4.47. The number of hydrogen-bond donors (Lipinski definition) is 2. The highest BCUT2D eigenvalue weighted by Crippen LogP contribution is 2.27. The molecule has 1 atom stereocenters. The van der Waals surface area contributed by atoms with Crippen molar-refractivity contribution in [2.24, 2.45) is 5.92 Å². The Hall–Kier alpha value is -3.67. The van der Waals surface area contributed by atoms with Crippen LogP contribution in [0.4, 0.5) is 0 Å². The van der Waals surface area contributed by atoms with Gasteiger partial charge >= 0.3 is 5.97 Å². The lowest BCUT2D eigenvalue weighted by Crippen LogP contribution is -2.43. The Kier molecular flexibility index (Phi) is 5.71. The van der Waals surface area contributed by atoms with E-state index in [0.717, 1.165) is 32.9 Å². The molecule has 0 aliphatic heterocycles. The summed E-state index contributed by atoms with van der Waals surface area (Å²) in [5.74, 6) is -1.14. The maximum Gasteiger partial charge on any atom is 0.326 e. The Morgan fingerprint density at radius 1 is 1.03 bits per heavy atom. The molecule has 0 bridgehead atoms. The van der Waals surface area contributed by atoms with E-state index in [1.54, 1.807) is 0 Å². The van der Waals surface area contributed by atoms with Crippen LogP contribution < -0.4 is 5.32 Å². The number of carbonyl (C=O) groups is 2. The molecule has 1 amide bonds. The standard InChI is InChI=1S/C25H25N3O3/c1-16(2)11-22(25(30)31)27-24(29)15-28-10-9-19-12-17(7-8-23(19)28)20-13-18-5-3-4-6-21(18)26-14-20/h3-10,12-14,16,22H,11,15H2,1-2H3,(H,27,29)(H,30,31)/t22-/m0/s1. The van der Waals surface area contributed by atoms with Crippen LogP contribution in [-0.2, 0) is 16.1 Å². The van der Waals surface area contributed by atoms with Crippen LogP contribution in [-0.4, -0.2) is 32.6 Å². The van der Waals surface area contributed by atoms with Crippen molar-refractivity contribution in [2.75, 3.05) is 0 Å². The number of rotatable bonds is 7. The number of nitrogens with zero attached hydrogens (tertiary/aromatic N) is 2. The van der Waals surface area contributed by atoms with Crippen molar-refractivity contribution in [3.8, 4) is 11.1 Å². The average Bonchev–Trinajstić information content (AvgIpc) is 3.14. The highest BCUT2D eigenvalue weighted by Gasteiger charge is 2.21. The summed E-state index contributed by atoms with van der Waals surface area (Å²) >= 11 is 0. The lowest BCUT2D eigenvalue weighted by atomic mass is 10.0. The molecule has 0 aliphatic carbocycles. The fourth-order valence-corrected chi connectivity index (χ4v) is 3.83. The molecule has 6 heteroatoms. The van der Waals surface area contributed by atoms with Crippen molar-refractivity contribution in [1.29, 1.82) is 0 Å². The molecule has 0 radical (unpaired) electrons. The van der Waals surface area contributed by atoms with Crippen LogP contribution in [0.25, 0.3) is 32.9 Å². The fraction of sp³-hybridized carbons (Fsp3) is 0.240. The summed E-state index contributed by atoms with van der Waals surface area (Å²) in [6, 6.07) is 17.3. The van der Waals surface area contributed by atoms with Crippen molar-refractivity contribution in [3.63, 3.8) is 0 Å². The van der Waals surface area contributed by atoms with Crippen LogP contribution in [0.3, 0.4) is 0 Å². The van der Waals surface area contributed by atoms with Gasteiger partial charge in [0.05, 0.1) is 5.52 Å². The van der Waals surface area contributed by atoms with Gasteiger partial charge in [0, 0.05) is 34.2 Å². The van der Waals surface area contributed by atoms with E-state index in [2.05, 4.69) is 22.4 Å². The van der Waals surface area contributed by atoms with Crippen LogP contribution in [0.5, 0.6) is 0 Å². The number of aromatic nitrogens is 2. The topological polar surface area (TPSA) is 84.2 Å². The molecule has 0 saturated carbocycles. The summed E-state index contributed by atoms with van der Waals surface area (Å²) in [4.78, 5) is 28.4. The second-order valence-corrected chi connectivity index (χ2v) is 8.22. The first-order valence-corrected chi connectivity index (χ1v) is 10.4. The lowest BCUT2D eigenvalue weighted by Gasteiger charge is -2.17. The summed E-state index contributed by atoms with van der Waals surface area (Å²) in [6.45, 7) is 3.94. The zero-order chi connectivity index (χ0) is 22.0. The smallest absolute Gasteiger partial charge is 0.326 e. The number of amides is 1. The van der Waals surface area contributed by atoms with Crippen molar-refractivity contribution in [3.05, 3.63) is 67.0 Å². The quantitative estimate of drug-likeness (QED) is 0.466. The van der Waals surface area contributed by atoms with Crippen molar-refractivity contribution < 1.29 is 14.7 Å². The SMILES string of the molecule is CC(C)C[C@H](NC(=O)Cn1ccc2cc(-c3cnc4ccccc4c3)ccc21)C(=O)O. The van der Waals surface area contributed by atoms with Gasteiger partial charge in [0.25, 0.3) is 0 Å². The first kappa shape index (κ1) is 20.6. The summed E-state index contributed by atoms with van der Waals surface area (Å²) in [6.07, 6.45) is 4.12. The number of aliphatic carboxylic acids is 1. The molecule has 31 heavy (non-hydrogen) atoms. The maximum absolute atomic E-state index is 12.5. The van der Waals surface area contributed by atoms with Gasteiger partial charge in [-0.1, -0.05) is 38.1 Å². The van der Waals surface area contributed by atoms with E-state index in [4.69, 9.17) is 0 Å². The molecular weight excluding hydrogens is 390 g/mol. The Bertz CT molecular complexity index is 1260. The molecule has 4 rings (SSSR count). The second-order valence-electron chi connectivity index (χ2n) is 8.22. The third-order valence-electron chi connectivity index (χ3n) is 5.35. The van der Waals surface area contributed by atoms with Gasteiger partial charge in [-0.2, -0.15) is 0 Å². The van der Waals surface area contributed by atoms with Crippen molar-refractivity contribution in [1.82, 2.24) is 14.9 Å². The monoisotopic (exact) mass is 415 g/mol. The molecule has 0 unspecified atom stereocenters. The molecule has 0 fully saturated rings. The average molecular weight is 415 g/mol. The first-order valence-electron chi connectivity index (χ1n) is 10.4. The molecule has 2 N–H and O–H groups in total. The minimum absolute atomic E-state index is 0.0717. The summed E-state index contributed by atoms with van der Waals surface area (Å²) in [5.41, 5.74) is 3.96. The molecule has 2 aromatic carbocycles. The summed E-state index contributed by atoms with van der Waals surface area (Å²) < 4.78 is 1.83. The highest BCUT2D eigenvalue weighted by atomic mass is 16.4. The largest absolute Gasteiger partial charge is 0.480 e. The Balaban J connectivity index is 1.54. The van der Waals surface area contributed by atoms with Gasteiger partial charge in [-0.3, -0.25) is 9.78 Å². The number of hydrogen-bond acceptors (Lipinski definition) is 3. The Morgan fingerprint density at radius 2 is 1.81 bits per heavy atom. The predicted molar refractivity (Wildman–Crippen MR) is 122 cm³/mol. The number of pyridine rings is 1. The van der Waals surface area contributed by atoms with E-state index < -0.39 is 12.0 Å². The lowest BCUT2D eigenvalue weighted by molar-refractivity contribution is -0.142. The van der Waals surface area contributed by atoms with Crippen molar-refractivity contribution >= 4 is 33.7 Å². The number of carbonyl (C=O) groups excluding carboxylic acids is 1. The molecule has 2 heterocycles. The van der Waals surface area contributed by atoms with E-state index in [1.165, 1.54) is 0 Å². The summed E-state index contributed by atoms with van der Waals surface area (Å²) in [7, 11) is 0. The minimum atomic E-state index is -1.01. The number of carboxylic acid groups (broad SMARTS) is 1. The van der Waals surface area contributed by atoms with E-state index >= 15 is 0 Å². The van der Waals surface area contributed by atoms with Crippen LogP contribution in [0.15, 0.2) is 67.0 Å². The molecule has 158 valence electrons. The molecule has 6 nitrogen and oxygen atoms in total. The molecule has 4 aromatic rings. The molecule has 0 saturated heterocycles. The number of benzene rings is 2. The number of carboxylic acids is 1. The maximum atomic E-state index is 12.5. The van der Waals surface area contributed by atoms with Crippen LogP contribution in [0.1, 0.15) is 20.3 Å². The molecule has 2 aromatic heterocycles. The van der Waals surface area contributed by atoms with Gasteiger partial charge in [0.1, 0.15) is 12.6 Å². The Labute approximate surface area is 180 Å². The highest BCUT2D eigenvalue weighted by molar-refractivity contribution is 5.90. The van der Waals surface area contributed by atoms with Gasteiger partial charge in [-0.25, -0.2) is 4.79 Å². The van der Waals surface area contributed by atoms with Gasteiger partial charge in [-0.05, 0) is 48.2 Å². The van der Waals surface area contributed by atoms with E-state index in [9.17, 15) is 14.7 Å². The van der Waals surface area contributed by atoms with Gasteiger partial charge in [0.15, 0.2) is 0 Å². The number of fused-ring (bicyclic) bond motifs is 2. The van der Waals surface area contributed by atoms with E-state index in [0.29, 0.717) is 6.42 Å². The second kappa shape index (κ2) is 8.60.